The lowest BCUT2D eigenvalue weighted by Crippen LogP contribution is -2.19. The van der Waals surface area contributed by atoms with Crippen molar-refractivity contribution in [2.45, 2.75) is 25.4 Å². The van der Waals surface area contributed by atoms with Gasteiger partial charge in [0.2, 0.25) is 5.13 Å². The summed E-state index contributed by atoms with van der Waals surface area (Å²) in [6.45, 7) is 4.63. The van der Waals surface area contributed by atoms with E-state index in [1.165, 1.54) is 22.5 Å². The quantitative estimate of drug-likeness (QED) is 0.521. The fourth-order valence-electron chi connectivity index (χ4n) is 2.48. The van der Waals surface area contributed by atoms with E-state index in [0.29, 0.717) is 17.4 Å². The van der Waals surface area contributed by atoms with Gasteiger partial charge in [0.25, 0.3) is 0 Å². The van der Waals surface area contributed by atoms with E-state index in [9.17, 15) is 4.79 Å². The topological polar surface area (TPSA) is 76.1 Å². The summed E-state index contributed by atoms with van der Waals surface area (Å²) in [5.74, 6) is 2.45. The van der Waals surface area contributed by atoms with Crippen LogP contribution in [0.1, 0.15) is 23.1 Å². The summed E-state index contributed by atoms with van der Waals surface area (Å²) in [5, 5.41) is 15.0. The molecule has 0 unspecified atom stereocenters. The van der Waals surface area contributed by atoms with Crippen LogP contribution in [0.5, 0.6) is 5.75 Å². The number of benzene rings is 2. The number of aromatic nitrogens is 2. The van der Waals surface area contributed by atoms with E-state index in [0.717, 1.165) is 22.3 Å². The maximum atomic E-state index is 12.1. The van der Waals surface area contributed by atoms with Crippen LogP contribution in [-0.2, 0) is 11.5 Å². The second-order valence-electron chi connectivity index (χ2n) is 6.02. The summed E-state index contributed by atoms with van der Waals surface area (Å²) in [7, 11) is 0. The summed E-state index contributed by atoms with van der Waals surface area (Å²) >= 11 is 3.16. The first-order chi connectivity index (χ1) is 13.6. The van der Waals surface area contributed by atoms with E-state index in [1.54, 1.807) is 23.9 Å². The average molecular weight is 415 g/mol. The Balaban J connectivity index is 1.45. The van der Waals surface area contributed by atoms with Crippen LogP contribution in [0, 0.1) is 6.92 Å². The van der Waals surface area contributed by atoms with Gasteiger partial charge in [0.05, 0.1) is 6.61 Å². The smallest absolute Gasteiger partial charge is 0.325 e. The Kier molecular flexibility index (Phi) is 7.27. The van der Waals surface area contributed by atoms with Crippen molar-refractivity contribution in [3.8, 4) is 5.75 Å². The van der Waals surface area contributed by atoms with Crippen molar-refractivity contribution in [3.05, 3.63) is 64.7 Å². The fourth-order valence-corrected chi connectivity index (χ4v) is 4.25. The molecule has 2 amide bonds. The summed E-state index contributed by atoms with van der Waals surface area (Å²) < 4.78 is 5.38. The van der Waals surface area contributed by atoms with Crippen molar-refractivity contribution >= 4 is 39.9 Å². The summed E-state index contributed by atoms with van der Waals surface area (Å²) in [4.78, 5) is 12.1. The highest BCUT2D eigenvalue weighted by Crippen LogP contribution is 2.23. The molecule has 0 aliphatic carbocycles. The number of nitrogens with one attached hydrogen (secondary N) is 2. The van der Waals surface area contributed by atoms with Gasteiger partial charge in [0.15, 0.2) is 0 Å². The van der Waals surface area contributed by atoms with E-state index in [2.05, 4.69) is 52.0 Å². The number of carbonyl (C=O) groups excluding carboxylic acids is 1. The number of amides is 2. The molecule has 28 heavy (non-hydrogen) atoms. The third kappa shape index (κ3) is 6.24. The van der Waals surface area contributed by atoms with Gasteiger partial charge in [0.1, 0.15) is 10.8 Å². The van der Waals surface area contributed by atoms with E-state index < -0.39 is 0 Å². The molecule has 0 radical (unpaired) electrons. The van der Waals surface area contributed by atoms with Gasteiger partial charge in [-0.05, 0) is 43.7 Å². The highest BCUT2D eigenvalue weighted by Gasteiger charge is 2.09. The molecule has 2 aromatic carbocycles. The molecule has 0 atom stereocenters. The third-order valence-corrected chi connectivity index (χ3v) is 5.72. The highest BCUT2D eigenvalue weighted by molar-refractivity contribution is 7.97. The van der Waals surface area contributed by atoms with Gasteiger partial charge < -0.3 is 10.1 Å². The van der Waals surface area contributed by atoms with Crippen LogP contribution in [0.4, 0.5) is 15.6 Å². The number of thioether (sulfide) groups is 1. The second-order valence-corrected chi connectivity index (χ2v) is 8.07. The molecular weight excluding hydrogens is 392 g/mol. The molecule has 0 saturated carbocycles. The van der Waals surface area contributed by atoms with Crippen LogP contribution in [0.2, 0.25) is 0 Å². The lowest BCUT2D eigenvalue weighted by Gasteiger charge is -2.06. The highest BCUT2D eigenvalue weighted by atomic mass is 32.2. The molecule has 0 saturated heterocycles. The predicted octanol–water partition coefficient (Wildman–Crippen LogP) is 5.32. The van der Waals surface area contributed by atoms with Gasteiger partial charge in [0, 0.05) is 17.2 Å². The van der Waals surface area contributed by atoms with Gasteiger partial charge in [-0.25, -0.2) is 4.79 Å². The van der Waals surface area contributed by atoms with Crippen molar-refractivity contribution < 1.29 is 9.53 Å². The van der Waals surface area contributed by atoms with Gasteiger partial charge in [-0.1, -0.05) is 41.2 Å². The maximum Gasteiger partial charge on any atom is 0.325 e. The molecule has 3 rings (SSSR count). The molecule has 8 heteroatoms. The Bertz CT molecular complexity index is 913. The number of urea groups is 1. The molecule has 2 N–H and O–H groups in total. The maximum absolute atomic E-state index is 12.1. The number of rotatable bonds is 8. The van der Waals surface area contributed by atoms with E-state index >= 15 is 0 Å². The Hall–Kier alpha value is -2.58. The van der Waals surface area contributed by atoms with Gasteiger partial charge in [-0.15, -0.1) is 22.0 Å². The number of hydrogen-bond donors (Lipinski definition) is 2. The van der Waals surface area contributed by atoms with Crippen LogP contribution in [-0.4, -0.2) is 22.8 Å². The zero-order valence-electron chi connectivity index (χ0n) is 15.8. The van der Waals surface area contributed by atoms with Crippen LogP contribution in [0.3, 0.4) is 0 Å². The average Bonchev–Trinajstić information content (AvgIpc) is 3.11. The first-order valence-corrected chi connectivity index (χ1v) is 10.9. The normalized spacial score (nSPS) is 10.5. The zero-order valence-corrected chi connectivity index (χ0v) is 17.4. The van der Waals surface area contributed by atoms with Crippen molar-refractivity contribution in [2.75, 3.05) is 17.2 Å². The molecule has 0 spiro atoms. The van der Waals surface area contributed by atoms with Gasteiger partial charge >= 0.3 is 6.03 Å². The summed E-state index contributed by atoms with van der Waals surface area (Å²) in [6, 6.07) is 15.3. The largest absolute Gasteiger partial charge is 0.494 e. The number of carbonyl (C=O) groups is 1. The van der Waals surface area contributed by atoms with Crippen LogP contribution < -0.4 is 15.4 Å². The fraction of sp³-hybridized carbons (Fsp3) is 0.250. The number of nitrogens with zero attached hydrogens (tertiary/aromatic N) is 2. The van der Waals surface area contributed by atoms with E-state index in [-0.39, 0.29) is 6.03 Å². The van der Waals surface area contributed by atoms with E-state index in [1.807, 2.05) is 19.1 Å². The molecule has 0 fully saturated rings. The van der Waals surface area contributed by atoms with Gasteiger partial charge in [-0.3, -0.25) is 5.32 Å². The number of hydrogen-bond acceptors (Lipinski definition) is 6. The Morgan fingerprint density at radius 2 is 1.93 bits per heavy atom. The molecular formula is C20H22N4O2S2. The molecule has 6 nitrogen and oxygen atoms in total. The first-order valence-electron chi connectivity index (χ1n) is 8.89. The lowest BCUT2D eigenvalue weighted by molar-refractivity contribution is 0.262. The predicted molar refractivity (Wildman–Crippen MR) is 116 cm³/mol. The standard InChI is InChI=1S/C20H22N4O2S2/c1-3-26-17-9-7-16(8-10-17)21-19(25)22-20-24-23-18(28-20)13-27-12-15-6-4-5-14(2)11-15/h4-11H,3,12-13H2,1-2H3,(H2,21,22,24,25). The van der Waals surface area contributed by atoms with Crippen molar-refractivity contribution in [3.63, 3.8) is 0 Å². The SMILES string of the molecule is CCOc1ccc(NC(=O)Nc2nnc(CSCc3cccc(C)c3)s2)cc1. The second kappa shape index (κ2) is 10.1. The monoisotopic (exact) mass is 414 g/mol. The lowest BCUT2D eigenvalue weighted by atomic mass is 10.2. The minimum absolute atomic E-state index is 0.348. The van der Waals surface area contributed by atoms with Crippen molar-refractivity contribution in [1.82, 2.24) is 10.2 Å². The molecule has 1 aromatic heterocycles. The number of anilines is 2. The van der Waals surface area contributed by atoms with Crippen LogP contribution >= 0.6 is 23.1 Å². The van der Waals surface area contributed by atoms with Crippen LogP contribution in [0.15, 0.2) is 48.5 Å². The Labute approximate surface area is 172 Å². The Morgan fingerprint density at radius 1 is 1.11 bits per heavy atom. The summed E-state index contributed by atoms with van der Waals surface area (Å²) in [6.07, 6.45) is 0. The molecule has 0 aliphatic heterocycles. The van der Waals surface area contributed by atoms with E-state index in [4.69, 9.17) is 4.74 Å². The first kappa shape index (κ1) is 20.2. The number of ether oxygens (including phenoxy) is 1. The molecule has 0 bridgehead atoms. The third-order valence-electron chi connectivity index (χ3n) is 3.69. The van der Waals surface area contributed by atoms with Crippen LogP contribution in [0.25, 0.3) is 0 Å². The molecule has 3 aromatic rings. The molecule has 0 aliphatic rings. The minimum Gasteiger partial charge on any atom is -0.494 e. The van der Waals surface area contributed by atoms with Gasteiger partial charge in [-0.2, -0.15) is 0 Å². The minimum atomic E-state index is -0.348. The molecule has 146 valence electrons. The number of aryl methyl sites for hydroxylation is 1. The summed E-state index contributed by atoms with van der Waals surface area (Å²) in [5.41, 5.74) is 3.24. The molecule has 1 heterocycles. The Morgan fingerprint density at radius 3 is 2.68 bits per heavy atom. The van der Waals surface area contributed by atoms with Crippen molar-refractivity contribution in [1.29, 1.82) is 0 Å². The van der Waals surface area contributed by atoms with Crippen molar-refractivity contribution in [2.24, 2.45) is 0 Å². The zero-order chi connectivity index (χ0) is 19.8.